The van der Waals surface area contributed by atoms with Crippen LogP contribution < -0.4 is 5.32 Å². The monoisotopic (exact) mass is 336 g/mol. The van der Waals surface area contributed by atoms with E-state index in [1.54, 1.807) is 18.4 Å². The highest BCUT2D eigenvalue weighted by Gasteiger charge is 2.41. The molecule has 2 aliphatic rings. The standard InChI is InChI=1S/C15H20N4O3S/c1-18-10(14(21)19(2)15(18)22)8-12(20)16-7-6-13-17-9-4-3-5-11(9)23-13/h10H,3-8H2,1-2H3,(H,16,20). The van der Waals surface area contributed by atoms with Gasteiger partial charge in [0.05, 0.1) is 17.1 Å². The quantitative estimate of drug-likeness (QED) is 0.797. The van der Waals surface area contributed by atoms with E-state index in [9.17, 15) is 14.4 Å². The van der Waals surface area contributed by atoms with E-state index in [-0.39, 0.29) is 24.3 Å². The third-order valence-corrected chi connectivity index (χ3v) is 5.57. The fraction of sp³-hybridized carbons (Fsp3) is 0.600. The first-order valence-electron chi connectivity index (χ1n) is 7.76. The van der Waals surface area contributed by atoms with Gasteiger partial charge >= 0.3 is 6.03 Å². The van der Waals surface area contributed by atoms with Gasteiger partial charge in [0.15, 0.2) is 0 Å². The van der Waals surface area contributed by atoms with Crippen molar-refractivity contribution in [1.29, 1.82) is 0 Å². The number of likely N-dealkylation sites (N-methyl/N-ethyl adjacent to an activating group) is 2. The van der Waals surface area contributed by atoms with Gasteiger partial charge in [-0.15, -0.1) is 11.3 Å². The zero-order valence-corrected chi connectivity index (χ0v) is 14.1. The summed E-state index contributed by atoms with van der Waals surface area (Å²) in [4.78, 5) is 43.9. The van der Waals surface area contributed by atoms with Crippen molar-refractivity contribution in [2.24, 2.45) is 0 Å². The SMILES string of the molecule is CN1C(=O)C(CC(=O)NCCc2nc3c(s2)CCC3)N(C)C1=O. The Bertz CT molecular complexity index is 636. The number of imide groups is 1. The first-order chi connectivity index (χ1) is 11.0. The number of nitrogens with one attached hydrogen (secondary N) is 1. The molecule has 1 saturated heterocycles. The molecule has 1 aromatic rings. The van der Waals surface area contributed by atoms with E-state index in [2.05, 4.69) is 10.3 Å². The van der Waals surface area contributed by atoms with Gasteiger partial charge < -0.3 is 10.2 Å². The molecule has 0 spiro atoms. The normalized spacial score (nSPS) is 20.3. The van der Waals surface area contributed by atoms with Crippen LogP contribution in [-0.2, 0) is 28.9 Å². The maximum Gasteiger partial charge on any atom is 0.326 e. The number of urea groups is 1. The third-order valence-electron chi connectivity index (χ3n) is 4.35. The highest BCUT2D eigenvalue weighted by molar-refractivity contribution is 7.11. The topological polar surface area (TPSA) is 82.6 Å². The fourth-order valence-corrected chi connectivity index (χ4v) is 4.14. The Morgan fingerprint density at radius 2 is 2.13 bits per heavy atom. The van der Waals surface area contributed by atoms with Crippen LogP contribution in [0.15, 0.2) is 0 Å². The van der Waals surface area contributed by atoms with Gasteiger partial charge in [0.2, 0.25) is 5.91 Å². The number of aryl methyl sites for hydroxylation is 2. The summed E-state index contributed by atoms with van der Waals surface area (Å²) in [5, 5.41) is 3.87. The van der Waals surface area contributed by atoms with Crippen molar-refractivity contribution < 1.29 is 14.4 Å². The predicted molar refractivity (Wildman–Crippen MR) is 85.2 cm³/mol. The van der Waals surface area contributed by atoms with Crippen LogP contribution in [0.5, 0.6) is 0 Å². The van der Waals surface area contributed by atoms with Crippen molar-refractivity contribution in [3.8, 4) is 0 Å². The van der Waals surface area contributed by atoms with Crippen LogP contribution in [0.3, 0.4) is 0 Å². The molecule has 7 nitrogen and oxygen atoms in total. The van der Waals surface area contributed by atoms with E-state index in [0.717, 1.165) is 22.7 Å². The third kappa shape index (κ3) is 3.08. The molecule has 23 heavy (non-hydrogen) atoms. The van der Waals surface area contributed by atoms with Crippen LogP contribution in [0.2, 0.25) is 0 Å². The Balaban J connectivity index is 1.46. The van der Waals surface area contributed by atoms with E-state index in [0.29, 0.717) is 13.0 Å². The number of fused-ring (bicyclic) bond motifs is 1. The Morgan fingerprint density at radius 1 is 1.35 bits per heavy atom. The van der Waals surface area contributed by atoms with Crippen molar-refractivity contribution in [3.63, 3.8) is 0 Å². The van der Waals surface area contributed by atoms with Crippen molar-refractivity contribution in [1.82, 2.24) is 20.1 Å². The molecule has 1 atom stereocenters. The van der Waals surface area contributed by atoms with Crippen molar-refractivity contribution in [2.75, 3.05) is 20.6 Å². The predicted octanol–water partition coefficient (Wildman–Crippen LogP) is 0.573. The molecule has 0 aromatic carbocycles. The minimum absolute atomic E-state index is 0.000216. The summed E-state index contributed by atoms with van der Waals surface area (Å²) >= 11 is 1.73. The molecule has 1 fully saturated rings. The number of hydrogen-bond donors (Lipinski definition) is 1. The van der Waals surface area contributed by atoms with Gasteiger partial charge in [-0.3, -0.25) is 14.5 Å². The molecule has 1 aromatic heterocycles. The van der Waals surface area contributed by atoms with E-state index in [1.165, 1.54) is 28.9 Å². The Labute approximate surface area is 138 Å². The number of rotatable bonds is 5. The fourth-order valence-electron chi connectivity index (χ4n) is 2.99. The van der Waals surface area contributed by atoms with Crippen LogP contribution in [0.25, 0.3) is 0 Å². The van der Waals surface area contributed by atoms with Gasteiger partial charge in [-0.25, -0.2) is 9.78 Å². The lowest BCUT2D eigenvalue weighted by Gasteiger charge is -2.15. The van der Waals surface area contributed by atoms with Gasteiger partial charge in [0.1, 0.15) is 6.04 Å². The molecule has 124 valence electrons. The van der Waals surface area contributed by atoms with Gasteiger partial charge in [0.25, 0.3) is 5.91 Å². The molecule has 1 aliphatic heterocycles. The van der Waals surface area contributed by atoms with Gasteiger partial charge in [-0.1, -0.05) is 0 Å². The van der Waals surface area contributed by atoms with Crippen LogP contribution in [0, 0.1) is 0 Å². The van der Waals surface area contributed by atoms with Crippen LogP contribution >= 0.6 is 11.3 Å². The molecule has 1 aliphatic carbocycles. The second-order valence-electron chi connectivity index (χ2n) is 5.94. The minimum Gasteiger partial charge on any atom is -0.356 e. The van der Waals surface area contributed by atoms with Gasteiger partial charge in [0, 0.05) is 31.9 Å². The number of nitrogens with zero attached hydrogens (tertiary/aromatic N) is 3. The number of thiazole rings is 1. The van der Waals surface area contributed by atoms with Gasteiger partial charge in [-0.2, -0.15) is 0 Å². The molecule has 0 radical (unpaired) electrons. The molecule has 8 heteroatoms. The molecule has 4 amide bonds. The Hall–Kier alpha value is -1.96. The number of carbonyl (C=O) groups excluding carboxylic acids is 3. The van der Waals surface area contributed by atoms with Crippen molar-refractivity contribution >= 4 is 29.2 Å². The molecule has 0 saturated carbocycles. The lowest BCUT2D eigenvalue weighted by atomic mass is 10.2. The Morgan fingerprint density at radius 3 is 2.78 bits per heavy atom. The zero-order valence-electron chi connectivity index (χ0n) is 13.3. The van der Waals surface area contributed by atoms with E-state index in [4.69, 9.17) is 0 Å². The molecular formula is C15H20N4O3S. The maximum absolute atomic E-state index is 12.0. The van der Waals surface area contributed by atoms with E-state index >= 15 is 0 Å². The summed E-state index contributed by atoms with van der Waals surface area (Å²) in [6.07, 6.45) is 4.09. The van der Waals surface area contributed by atoms with E-state index in [1.807, 2.05) is 0 Å². The largest absolute Gasteiger partial charge is 0.356 e. The van der Waals surface area contributed by atoms with Crippen molar-refractivity contribution in [2.45, 2.75) is 38.1 Å². The number of aromatic nitrogens is 1. The maximum atomic E-state index is 12.0. The number of amides is 4. The van der Waals surface area contributed by atoms with E-state index < -0.39 is 6.04 Å². The first kappa shape index (κ1) is 15.9. The lowest BCUT2D eigenvalue weighted by molar-refractivity contribution is -0.131. The summed E-state index contributed by atoms with van der Waals surface area (Å²) in [5.41, 5.74) is 1.22. The summed E-state index contributed by atoms with van der Waals surface area (Å²) in [7, 11) is 2.97. The Kier molecular flexibility index (Phi) is 4.34. The van der Waals surface area contributed by atoms with Gasteiger partial charge in [-0.05, 0) is 19.3 Å². The smallest absolute Gasteiger partial charge is 0.326 e. The molecule has 3 rings (SSSR count). The van der Waals surface area contributed by atoms with Crippen LogP contribution in [-0.4, -0.2) is 59.3 Å². The van der Waals surface area contributed by atoms with Crippen molar-refractivity contribution in [3.05, 3.63) is 15.6 Å². The second-order valence-corrected chi connectivity index (χ2v) is 7.11. The highest BCUT2D eigenvalue weighted by atomic mass is 32.1. The first-order valence-corrected chi connectivity index (χ1v) is 8.57. The van der Waals surface area contributed by atoms with Crippen LogP contribution in [0.4, 0.5) is 4.79 Å². The molecule has 1 N–H and O–H groups in total. The molecule has 2 heterocycles. The summed E-state index contributed by atoms with van der Waals surface area (Å²) in [6, 6.07) is -1.07. The summed E-state index contributed by atoms with van der Waals surface area (Å²) < 4.78 is 0. The number of carbonyl (C=O) groups is 3. The summed E-state index contributed by atoms with van der Waals surface area (Å²) in [6.45, 7) is 0.500. The summed E-state index contributed by atoms with van der Waals surface area (Å²) in [5.74, 6) is -0.550. The lowest BCUT2D eigenvalue weighted by Crippen LogP contribution is -2.37. The molecular weight excluding hydrogens is 316 g/mol. The average Bonchev–Trinajstić information content (AvgIpc) is 3.14. The molecule has 1 unspecified atom stereocenters. The van der Waals surface area contributed by atoms with Crippen LogP contribution in [0.1, 0.15) is 28.4 Å². The average molecular weight is 336 g/mol. The zero-order chi connectivity index (χ0) is 16.6. The molecule has 0 bridgehead atoms. The minimum atomic E-state index is -0.698. The highest BCUT2D eigenvalue weighted by Crippen LogP contribution is 2.27. The number of hydrogen-bond acceptors (Lipinski definition) is 5. The second kappa shape index (κ2) is 6.27.